The van der Waals surface area contributed by atoms with E-state index in [1.807, 2.05) is 83.3 Å². The monoisotopic (exact) mass is 409 g/mol. The van der Waals surface area contributed by atoms with Crippen LogP contribution >= 0.6 is 0 Å². The molecule has 0 unspecified atom stereocenters. The van der Waals surface area contributed by atoms with Gasteiger partial charge in [0.15, 0.2) is 0 Å². The van der Waals surface area contributed by atoms with Crippen LogP contribution in [0.3, 0.4) is 0 Å². The summed E-state index contributed by atoms with van der Waals surface area (Å²) in [6, 6.07) is 25.4. The van der Waals surface area contributed by atoms with Gasteiger partial charge in [0, 0.05) is 10.8 Å². The summed E-state index contributed by atoms with van der Waals surface area (Å²) in [7, 11) is 2.63. The van der Waals surface area contributed by atoms with Crippen molar-refractivity contribution in [2.45, 2.75) is 0 Å². The zero-order chi connectivity index (χ0) is 21.5. The molecule has 2 heterocycles. The second-order valence-corrected chi connectivity index (χ2v) is 7.19. The summed E-state index contributed by atoms with van der Waals surface area (Å²) in [5, 5.41) is 2.86. The van der Waals surface area contributed by atoms with Gasteiger partial charge in [-0.2, -0.15) is 0 Å². The number of aromatic nitrogens is 1. The molecular formula is C26H19NO4. The fraction of sp³-hybridized carbons (Fsp3) is 0.0769. The molecule has 3 aromatic carbocycles. The molecule has 0 atom stereocenters. The highest BCUT2D eigenvalue weighted by atomic mass is 16.5. The van der Waals surface area contributed by atoms with Gasteiger partial charge in [-0.3, -0.25) is 0 Å². The molecule has 152 valence electrons. The highest BCUT2D eigenvalue weighted by molar-refractivity contribution is 6.22. The maximum Gasteiger partial charge on any atom is 0.340 e. The van der Waals surface area contributed by atoms with Crippen molar-refractivity contribution in [3.05, 3.63) is 90.0 Å². The first-order valence-electron chi connectivity index (χ1n) is 9.87. The SMILES string of the molecule is COC(=O)c1c(C(=O)OC)c2c3ccccc3c3ccccc3n2c1-c1ccccc1. The minimum Gasteiger partial charge on any atom is -0.465 e. The van der Waals surface area contributed by atoms with E-state index in [0.717, 1.165) is 27.2 Å². The van der Waals surface area contributed by atoms with Crippen LogP contribution in [0.4, 0.5) is 0 Å². The molecular weight excluding hydrogens is 390 g/mol. The van der Waals surface area contributed by atoms with Gasteiger partial charge in [-0.1, -0.05) is 72.8 Å². The number of para-hydroxylation sites is 1. The van der Waals surface area contributed by atoms with E-state index in [-0.39, 0.29) is 11.1 Å². The zero-order valence-corrected chi connectivity index (χ0v) is 17.1. The van der Waals surface area contributed by atoms with Gasteiger partial charge < -0.3 is 13.9 Å². The van der Waals surface area contributed by atoms with Crippen LogP contribution in [0.5, 0.6) is 0 Å². The van der Waals surface area contributed by atoms with Crippen molar-refractivity contribution >= 4 is 39.1 Å². The summed E-state index contributed by atoms with van der Waals surface area (Å²) in [5.41, 5.74) is 3.31. The summed E-state index contributed by atoms with van der Waals surface area (Å²) < 4.78 is 12.2. The van der Waals surface area contributed by atoms with Crippen LogP contribution in [0, 0.1) is 0 Å². The molecule has 5 nitrogen and oxygen atoms in total. The molecule has 0 spiro atoms. The number of nitrogens with zero attached hydrogens (tertiary/aromatic N) is 1. The van der Waals surface area contributed by atoms with E-state index in [2.05, 4.69) is 0 Å². The third kappa shape index (κ3) is 2.70. The summed E-state index contributed by atoms with van der Waals surface area (Å²) in [4.78, 5) is 26.1. The third-order valence-corrected chi connectivity index (χ3v) is 5.61. The van der Waals surface area contributed by atoms with E-state index in [1.54, 1.807) is 0 Å². The number of methoxy groups -OCH3 is 2. The van der Waals surface area contributed by atoms with Crippen molar-refractivity contribution in [3.63, 3.8) is 0 Å². The quantitative estimate of drug-likeness (QED) is 0.292. The summed E-state index contributed by atoms with van der Waals surface area (Å²) >= 11 is 0. The predicted molar refractivity (Wildman–Crippen MR) is 121 cm³/mol. The third-order valence-electron chi connectivity index (χ3n) is 5.61. The van der Waals surface area contributed by atoms with Gasteiger partial charge in [-0.25, -0.2) is 9.59 Å². The summed E-state index contributed by atoms with van der Waals surface area (Å²) in [6.07, 6.45) is 0. The second kappa shape index (κ2) is 7.29. The Bertz CT molecular complexity index is 1480. The number of fused-ring (bicyclic) bond motifs is 6. The molecule has 0 saturated heterocycles. The van der Waals surface area contributed by atoms with Gasteiger partial charge in [0.25, 0.3) is 0 Å². The number of benzene rings is 3. The lowest BCUT2D eigenvalue weighted by Gasteiger charge is -2.12. The molecule has 5 aromatic rings. The average Bonchev–Trinajstić information content (AvgIpc) is 3.20. The Morgan fingerprint density at radius 1 is 0.645 bits per heavy atom. The van der Waals surface area contributed by atoms with Crippen molar-refractivity contribution in [2.24, 2.45) is 0 Å². The van der Waals surface area contributed by atoms with Gasteiger partial charge in [0.05, 0.1) is 30.9 Å². The number of carbonyl (C=O) groups excluding carboxylic acids is 2. The maximum atomic E-state index is 13.0. The predicted octanol–water partition coefficient (Wildman–Crippen LogP) is 5.49. The zero-order valence-electron chi connectivity index (χ0n) is 17.1. The molecule has 31 heavy (non-hydrogen) atoms. The van der Waals surface area contributed by atoms with E-state index in [9.17, 15) is 9.59 Å². The Morgan fingerprint density at radius 2 is 1.19 bits per heavy atom. The topological polar surface area (TPSA) is 57.0 Å². The Kier molecular flexibility index (Phi) is 4.44. The Morgan fingerprint density at radius 3 is 1.87 bits per heavy atom. The summed E-state index contributed by atoms with van der Waals surface area (Å²) in [6.45, 7) is 0. The molecule has 0 aliphatic rings. The van der Waals surface area contributed by atoms with Gasteiger partial charge in [-0.15, -0.1) is 0 Å². The van der Waals surface area contributed by atoms with E-state index in [4.69, 9.17) is 9.47 Å². The maximum absolute atomic E-state index is 13.0. The molecule has 0 radical (unpaired) electrons. The minimum absolute atomic E-state index is 0.196. The first kappa shape index (κ1) is 18.9. The number of carbonyl (C=O) groups is 2. The Balaban J connectivity index is 2.17. The van der Waals surface area contributed by atoms with E-state index in [1.165, 1.54) is 14.2 Å². The van der Waals surface area contributed by atoms with E-state index >= 15 is 0 Å². The smallest absolute Gasteiger partial charge is 0.340 e. The lowest BCUT2D eigenvalue weighted by Crippen LogP contribution is -2.10. The fourth-order valence-electron chi connectivity index (χ4n) is 4.36. The number of rotatable bonds is 3. The lowest BCUT2D eigenvalue weighted by molar-refractivity contribution is 0.0558. The second-order valence-electron chi connectivity index (χ2n) is 7.19. The van der Waals surface area contributed by atoms with Crippen molar-refractivity contribution < 1.29 is 19.1 Å². The van der Waals surface area contributed by atoms with Crippen LogP contribution in [0.25, 0.3) is 38.4 Å². The Hall–Kier alpha value is -4.12. The number of ether oxygens (including phenoxy) is 2. The molecule has 0 saturated carbocycles. The first-order chi connectivity index (χ1) is 15.2. The highest BCUT2D eigenvalue weighted by Gasteiger charge is 2.32. The fourth-order valence-corrected chi connectivity index (χ4v) is 4.36. The number of hydrogen-bond acceptors (Lipinski definition) is 4. The Labute approximate surface area is 178 Å². The molecule has 0 fully saturated rings. The first-order valence-corrected chi connectivity index (χ1v) is 9.87. The largest absolute Gasteiger partial charge is 0.465 e. The van der Waals surface area contributed by atoms with E-state index < -0.39 is 11.9 Å². The molecule has 5 rings (SSSR count). The molecule has 0 aliphatic carbocycles. The van der Waals surface area contributed by atoms with Crippen LogP contribution in [0.2, 0.25) is 0 Å². The van der Waals surface area contributed by atoms with Crippen LogP contribution in [-0.4, -0.2) is 30.6 Å². The van der Waals surface area contributed by atoms with E-state index in [0.29, 0.717) is 11.2 Å². The van der Waals surface area contributed by atoms with Crippen molar-refractivity contribution in [1.29, 1.82) is 0 Å². The van der Waals surface area contributed by atoms with Gasteiger partial charge in [0.2, 0.25) is 0 Å². The standard InChI is InChI=1S/C26H19NO4/c1-30-25(28)21-22(26(29)31-2)24-19-14-7-6-12-17(19)18-13-8-9-15-20(18)27(24)23(21)16-10-4-3-5-11-16/h3-15H,1-2H3. The summed E-state index contributed by atoms with van der Waals surface area (Å²) in [5.74, 6) is -1.17. The van der Waals surface area contributed by atoms with Crippen LogP contribution in [-0.2, 0) is 9.47 Å². The van der Waals surface area contributed by atoms with Crippen molar-refractivity contribution in [2.75, 3.05) is 14.2 Å². The molecule has 0 amide bonds. The molecule has 0 N–H and O–H groups in total. The van der Waals surface area contributed by atoms with Crippen molar-refractivity contribution in [3.8, 4) is 11.3 Å². The van der Waals surface area contributed by atoms with Gasteiger partial charge >= 0.3 is 11.9 Å². The molecule has 0 bridgehead atoms. The molecule has 5 heteroatoms. The van der Waals surface area contributed by atoms with Crippen LogP contribution in [0.15, 0.2) is 78.9 Å². The van der Waals surface area contributed by atoms with Gasteiger partial charge in [-0.05, 0) is 17.0 Å². The number of esters is 2. The normalized spacial score (nSPS) is 11.2. The molecule has 2 aromatic heterocycles. The van der Waals surface area contributed by atoms with Crippen molar-refractivity contribution in [1.82, 2.24) is 4.40 Å². The average molecular weight is 409 g/mol. The number of hydrogen-bond donors (Lipinski definition) is 0. The lowest BCUT2D eigenvalue weighted by atomic mass is 10.0. The number of pyridine rings is 1. The minimum atomic E-state index is -0.587. The highest BCUT2D eigenvalue weighted by Crippen LogP contribution is 2.40. The van der Waals surface area contributed by atoms with Crippen LogP contribution < -0.4 is 0 Å². The van der Waals surface area contributed by atoms with Crippen LogP contribution in [0.1, 0.15) is 20.7 Å². The van der Waals surface area contributed by atoms with Gasteiger partial charge in [0.1, 0.15) is 11.1 Å². The molecule has 0 aliphatic heterocycles.